The van der Waals surface area contributed by atoms with E-state index in [4.69, 9.17) is 0 Å². The Labute approximate surface area is 118 Å². The summed E-state index contributed by atoms with van der Waals surface area (Å²) < 4.78 is 1.93. The van der Waals surface area contributed by atoms with Crippen LogP contribution in [-0.2, 0) is 0 Å². The summed E-state index contributed by atoms with van der Waals surface area (Å²) in [5.74, 6) is 1.67. The van der Waals surface area contributed by atoms with E-state index in [0.717, 1.165) is 22.9 Å². The molecule has 0 spiro atoms. The number of para-hydroxylation sites is 1. The van der Waals surface area contributed by atoms with Crippen LogP contribution in [0.3, 0.4) is 0 Å². The van der Waals surface area contributed by atoms with E-state index in [9.17, 15) is 0 Å². The number of rotatable bonds is 2. The topological polar surface area (TPSA) is 30.7 Å². The fraction of sp³-hybridized carbons (Fsp3) is 0.176. The number of benzene rings is 2. The maximum atomic E-state index is 4.58. The van der Waals surface area contributed by atoms with Crippen molar-refractivity contribution in [2.45, 2.75) is 20.8 Å². The minimum atomic E-state index is 0.781. The van der Waals surface area contributed by atoms with Crippen molar-refractivity contribution >= 4 is 0 Å². The molecule has 2 aromatic carbocycles. The largest absolute Gasteiger partial charge is 0.213 e. The van der Waals surface area contributed by atoms with Gasteiger partial charge in [0, 0.05) is 5.56 Å². The van der Waals surface area contributed by atoms with Gasteiger partial charge in [-0.25, -0.2) is 9.67 Å². The van der Waals surface area contributed by atoms with Gasteiger partial charge in [-0.15, -0.1) is 0 Å². The van der Waals surface area contributed by atoms with Crippen LogP contribution in [0.1, 0.15) is 17.0 Å². The minimum Gasteiger partial charge on any atom is -0.213 e. The molecular weight excluding hydrogens is 246 g/mol. The average molecular weight is 263 g/mol. The number of aryl methyl sites for hydroxylation is 3. The zero-order valence-electron chi connectivity index (χ0n) is 12.0. The van der Waals surface area contributed by atoms with E-state index in [2.05, 4.69) is 60.3 Å². The van der Waals surface area contributed by atoms with Gasteiger partial charge in [0.25, 0.3) is 0 Å². The molecule has 0 saturated carbocycles. The highest BCUT2D eigenvalue weighted by Gasteiger charge is 2.12. The Balaban J connectivity index is 2.18. The molecule has 0 saturated heterocycles. The maximum Gasteiger partial charge on any atom is 0.163 e. The Hall–Kier alpha value is -2.42. The van der Waals surface area contributed by atoms with Gasteiger partial charge in [0.15, 0.2) is 5.82 Å². The molecule has 0 aliphatic carbocycles. The highest BCUT2D eigenvalue weighted by molar-refractivity contribution is 5.59. The summed E-state index contributed by atoms with van der Waals surface area (Å²) in [6, 6.07) is 16.6. The van der Waals surface area contributed by atoms with Crippen LogP contribution in [0, 0.1) is 20.8 Å². The fourth-order valence-electron chi connectivity index (χ4n) is 2.27. The van der Waals surface area contributed by atoms with Crippen molar-refractivity contribution in [2.75, 3.05) is 0 Å². The second-order valence-electron chi connectivity index (χ2n) is 5.05. The lowest BCUT2D eigenvalue weighted by atomic mass is 10.1. The van der Waals surface area contributed by atoms with E-state index in [0.29, 0.717) is 0 Å². The third-order valence-corrected chi connectivity index (χ3v) is 3.37. The van der Waals surface area contributed by atoms with Gasteiger partial charge in [-0.3, -0.25) is 0 Å². The second-order valence-corrected chi connectivity index (χ2v) is 5.05. The van der Waals surface area contributed by atoms with Crippen molar-refractivity contribution in [2.24, 2.45) is 0 Å². The summed E-state index contributed by atoms with van der Waals surface area (Å²) in [4.78, 5) is 4.58. The van der Waals surface area contributed by atoms with Crippen molar-refractivity contribution in [1.29, 1.82) is 0 Å². The minimum absolute atomic E-state index is 0.781. The summed E-state index contributed by atoms with van der Waals surface area (Å²) in [5, 5.41) is 4.55. The molecule has 0 amide bonds. The van der Waals surface area contributed by atoms with Crippen molar-refractivity contribution in [3.63, 3.8) is 0 Å². The third kappa shape index (κ3) is 2.23. The van der Waals surface area contributed by atoms with Crippen molar-refractivity contribution in [1.82, 2.24) is 14.8 Å². The number of aromatic nitrogens is 3. The van der Waals surface area contributed by atoms with Gasteiger partial charge < -0.3 is 0 Å². The monoisotopic (exact) mass is 263 g/mol. The van der Waals surface area contributed by atoms with Gasteiger partial charge in [-0.1, -0.05) is 48.0 Å². The molecule has 0 bridgehead atoms. The van der Waals surface area contributed by atoms with E-state index in [1.807, 2.05) is 23.7 Å². The zero-order chi connectivity index (χ0) is 14.1. The van der Waals surface area contributed by atoms with E-state index in [1.54, 1.807) is 0 Å². The standard InChI is InChI=1S/C17H17N3/c1-12-8-10-15(11-9-12)17-18-14(3)19-20(17)16-7-5-4-6-13(16)2/h4-11H,1-3H3. The van der Waals surface area contributed by atoms with Crippen LogP contribution in [0.5, 0.6) is 0 Å². The maximum absolute atomic E-state index is 4.58. The summed E-state index contributed by atoms with van der Waals surface area (Å²) in [6.45, 7) is 6.10. The van der Waals surface area contributed by atoms with Gasteiger partial charge >= 0.3 is 0 Å². The molecule has 3 rings (SSSR count). The van der Waals surface area contributed by atoms with Crippen LogP contribution in [0.4, 0.5) is 0 Å². The van der Waals surface area contributed by atoms with Crippen molar-refractivity contribution < 1.29 is 0 Å². The number of hydrogen-bond acceptors (Lipinski definition) is 2. The van der Waals surface area contributed by atoms with Crippen LogP contribution in [-0.4, -0.2) is 14.8 Å². The number of nitrogens with zero attached hydrogens (tertiary/aromatic N) is 3. The van der Waals surface area contributed by atoms with Gasteiger partial charge in [-0.2, -0.15) is 5.10 Å². The smallest absolute Gasteiger partial charge is 0.163 e. The van der Waals surface area contributed by atoms with Crippen LogP contribution in [0.25, 0.3) is 17.1 Å². The molecule has 0 fully saturated rings. The molecule has 100 valence electrons. The van der Waals surface area contributed by atoms with E-state index in [-0.39, 0.29) is 0 Å². The quantitative estimate of drug-likeness (QED) is 0.703. The zero-order valence-corrected chi connectivity index (χ0v) is 12.0. The van der Waals surface area contributed by atoms with Gasteiger partial charge in [-0.05, 0) is 32.4 Å². The van der Waals surface area contributed by atoms with Crippen LogP contribution in [0.15, 0.2) is 48.5 Å². The third-order valence-electron chi connectivity index (χ3n) is 3.37. The normalized spacial score (nSPS) is 10.8. The molecule has 3 aromatic rings. The van der Waals surface area contributed by atoms with Gasteiger partial charge in [0.2, 0.25) is 0 Å². The molecule has 0 aliphatic rings. The predicted molar refractivity (Wildman–Crippen MR) is 81.0 cm³/mol. The summed E-state index contributed by atoms with van der Waals surface area (Å²) in [6.07, 6.45) is 0. The predicted octanol–water partition coefficient (Wildman–Crippen LogP) is 3.86. The Kier molecular flexibility index (Phi) is 3.11. The summed E-state index contributed by atoms with van der Waals surface area (Å²) in [7, 11) is 0. The summed E-state index contributed by atoms with van der Waals surface area (Å²) in [5.41, 5.74) is 4.58. The van der Waals surface area contributed by atoms with E-state index in [1.165, 1.54) is 11.1 Å². The molecular formula is C17H17N3. The lowest BCUT2D eigenvalue weighted by molar-refractivity contribution is 0.862. The molecule has 20 heavy (non-hydrogen) atoms. The number of hydrogen-bond donors (Lipinski definition) is 0. The Morgan fingerprint density at radius 2 is 1.55 bits per heavy atom. The SMILES string of the molecule is Cc1ccc(-c2nc(C)nn2-c2ccccc2C)cc1. The molecule has 0 radical (unpaired) electrons. The van der Waals surface area contributed by atoms with E-state index >= 15 is 0 Å². The first-order valence-electron chi connectivity index (χ1n) is 6.72. The lowest BCUT2D eigenvalue weighted by Crippen LogP contribution is -2.01. The first-order chi connectivity index (χ1) is 9.65. The Bertz CT molecular complexity index is 739. The molecule has 0 aliphatic heterocycles. The molecule has 3 nitrogen and oxygen atoms in total. The van der Waals surface area contributed by atoms with Crippen LogP contribution in [0.2, 0.25) is 0 Å². The molecule has 1 aromatic heterocycles. The van der Waals surface area contributed by atoms with Gasteiger partial charge in [0.1, 0.15) is 5.82 Å². The van der Waals surface area contributed by atoms with Crippen molar-refractivity contribution in [3.8, 4) is 17.1 Å². The van der Waals surface area contributed by atoms with Crippen LogP contribution >= 0.6 is 0 Å². The van der Waals surface area contributed by atoms with Crippen LogP contribution < -0.4 is 0 Å². The Morgan fingerprint density at radius 1 is 0.850 bits per heavy atom. The average Bonchev–Trinajstić information content (AvgIpc) is 2.82. The molecule has 0 unspecified atom stereocenters. The molecule has 3 heteroatoms. The fourth-order valence-corrected chi connectivity index (χ4v) is 2.27. The highest BCUT2D eigenvalue weighted by atomic mass is 15.3. The summed E-state index contributed by atoms with van der Waals surface area (Å²) >= 11 is 0. The van der Waals surface area contributed by atoms with E-state index < -0.39 is 0 Å². The first kappa shape index (κ1) is 12.6. The first-order valence-corrected chi connectivity index (χ1v) is 6.72. The van der Waals surface area contributed by atoms with Crippen molar-refractivity contribution in [3.05, 3.63) is 65.5 Å². The molecule has 0 atom stereocenters. The molecule has 1 heterocycles. The highest BCUT2D eigenvalue weighted by Crippen LogP contribution is 2.23. The lowest BCUT2D eigenvalue weighted by Gasteiger charge is -2.08. The van der Waals surface area contributed by atoms with Gasteiger partial charge in [0.05, 0.1) is 5.69 Å². The second kappa shape index (κ2) is 4.93. The molecule has 0 N–H and O–H groups in total. The Morgan fingerprint density at radius 3 is 2.25 bits per heavy atom.